The maximum absolute atomic E-state index is 12.9. The summed E-state index contributed by atoms with van der Waals surface area (Å²) in [6, 6.07) is 7.80. The van der Waals surface area contributed by atoms with Crippen LogP contribution in [0.5, 0.6) is 0 Å². The van der Waals surface area contributed by atoms with Crippen molar-refractivity contribution in [3.8, 4) is 11.5 Å². The molecule has 146 valence electrons. The van der Waals surface area contributed by atoms with Gasteiger partial charge in [-0.15, -0.1) is 11.8 Å². The molecule has 0 spiro atoms. The number of hydrogen-bond donors (Lipinski definition) is 0. The van der Waals surface area contributed by atoms with Gasteiger partial charge in [0, 0.05) is 24.7 Å². The molecule has 1 aliphatic heterocycles. The number of carbonyl (C=O) groups is 1. The van der Waals surface area contributed by atoms with Gasteiger partial charge in [0.05, 0.1) is 30.7 Å². The number of aryl methyl sites for hydroxylation is 2. The van der Waals surface area contributed by atoms with Crippen LogP contribution in [0.4, 0.5) is 0 Å². The van der Waals surface area contributed by atoms with Gasteiger partial charge >= 0.3 is 0 Å². The smallest absolute Gasteiger partial charge is 0.261 e. The molecule has 0 bridgehead atoms. The van der Waals surface area contributed by atoms with E-state index in [0.717, 1.165) is 10.5 Å². The second kappa shape index (κ2) is 8.15. The fourth-order valence-corrected chi connectivity index (χ4v) is 3.78. The van der Waals surface area contributed by atoms with Crippen LogP contribution >= 0.6 is 11.8 Å². The number of thioether (sulfide) groups is 1. The Bertz CT molecular complexity index is 953. The standard InChI is InChI=1S/C19H21N5O3S/c1-13-3-5-15(6-4-13)28-12-17(25)24-7-8-26-11-16(24)18-21-19(27-22-18)14-9-20-23(2)10-14/h3-6,9-10,16H,7-8,11-12H2,1-2H3. The minimum Gasteiger partial charge on any atom is -0.377 e. The van der Waals surface area contributed by atoms with Crippen molar-refractivity contribution in [2.45, 2.75) is 17.9 Å². The van der Waals surface area contributed by atoms with Crippen molar-refractivity contribution >= 4 is 17.7 Å². The zero-order valence-corrected chi connectivity index (χ0v) is 16.6. The molecule has 3 aromatic rings. The third kappa shape index (κ3) is 4.10. The highest BCUT2D eigenvalue weighted by atomic mass is 32.2. The normalized spacial score (nSPS) is 17.1. The largest absolute Gasteiger partial charge is 0.377 e. The van der Waals surface area contributed by atoms with Crippen LogP contribution in [-0.4, -0.2) is 56.2 Å². The quantitative estimate of drug-likeness (QED) is 0.609. The fourth-order valence-electron chi connectivity index (χ4n) is 3.00. The number of benzene rings is 1. The first kappa shape index (κ1) is 18.7. The Morgan fingerprint density at radius 2 is 2.14 bits per heavy atom. The van der Waals surface area contributed by atoms with Gasteiger partial charge in [0.25, 0.3) is 5.89 Å². The summed E-state index contributed by atoms with van der Waals surface area (Å²) in [7, 11) is 1.82. The number of rotatable bonds is 5. The SMILES string of the molecule is Cc1ccc(SCC(=O)N2CCOCC2c2noc(-c3cnn(C)c3)n2)cc1. The summed E-state index contributed by atoms with van der Waals surface area (Å²) in [5.41, 5.74) is 1.94. The highest BCUT2D eigenvalue weighted by Crippen LogP contribution is 2.27. The van der Waals surface area contributed by atoms with E-state index in [9.17, 15) is 4.79 Å². The number of nitrogens with zero attached hydrogens (tertiary/aromatic N) is 5. The molecule has 1 unspecified atom stereocenters. The van der Waals surface area contributed by atoms with Crippen LogP contribution in [-0.2, 0) is 16.6 Å². The van der Waals surface area contributed by atoms with Crippen molar-refractivity contribution in [3.05, 3.63) is 48.0 Å². The highest BCUT2D eigenvalue weighted by molar-refractivity contribution is 8.00. The van der Waals surface area contributed by atoms with E-state index in [4.69, 9.17) is 9.26 Å². The van der Waals surface area contributed by atoms with Crippen molar-refractivity contribution in [3.63, 3.8) is 0 Å². The molecule has 1 saturated heterocycles. The van der Waals surface area contributed by atoms with Crippen molar-refractivity contribution in [2.24, 2.45) is 7.05 Å². The summed E-state index contributed by atoms with van der Waals surface area (Å²) in [5, 5.41) is 8.20. The Labute approximate surface area is 166 Å². The number of hydrogen-bond acceptors (Lipinski definition) is 7. The molecule has 1 fully saturated rings. The Balaban J connectivity index is 1.46. The molecule has 3 heterocycles. The molecule has 1 aromatic carbocycles. The lowest BCUT2D eigenvalue weighted by atomic mass is 10.2. The Hall–Kier alpha value is -2.65. The maximum atomic E-state index is 12.9. The average Bonchev–Trinajstić information content (AvgIpc) is 3.36. The van der Waals surface area contributed by atoms with Crippen molar-refractivity contribution in [1.82, 2.24) is 24.8 Å². The third-order valence-corrected chi connectivity index (χ3v) is 5.52. The molecule has 9 heteroatoms. The van der Waals surface area contributed by atoms with E-state index >= 15 is 0 Å². The molecule has 2 aromatic heterocycles. The summed E-state index contributed by atoms with van der Waals surface area (Å²) >= 11 is 1.53. The topological polar surface area (TPSA) is 86.3 Å². The first-order valence-electron chi connectivity index (χ1n) is 8.99. The summed E-state index contributed by atoms with van der Waals surface area (Å²) < 4.78 is 12.6. The zero-order valence-electron chi connectivity index (χ0n) is 15.7. The van der Waals surface area contributed by atoms with Crippen LogP contribution < -0.4 is 0 Å². The van der Waals surface area contributed by atoms with E-state index in [1.54, 1.807) is 22.0 Å². The van der Waals surface area contributed by atoms with E-state index in [2.05, 4.69) is 15.2 Å². The molecule has 0 aliphatic carbocycles. The van der Waals surface area contributed by atoms with Crippen molar-refractivity contribution in [2.75, 3.05) is 25.5 Å². The Morgan fingerprint density at radius 3 is 2.89 bits per heavy atom. The molecule has 0 N–H and O–H groups in total. The predicted molar refractivity (Wildman–Crippen MR) is 104 cm³/mol. The minimum absolute atomic E-state index is 0.0339. The lowest BCUT2D eigenvalue weighted by Gasteiger charge is -2.33. The molecule has 1 amide bonds. The zero-order chi connectivity index (χ0) is 19.5. The minimum atomic E-state index is -0.353. The fraction of sp³-hybridized carbons (Fsp3) is 0.368. The van der Waals surface area contributed by atoms with Gasteiger partial charge in [-0.25, -0.2) is 0 Å². The van der Waals surface area contributed by atoms with Crippen LogP contribution in [0.15, 0.2) is 46.1 Å². The number of ether oxygens (including phenoxy) is 1. The van der Waals surface area contributed by atoms with Crippen LogP contribution in [0, 0.1) is 6.92 Å². The number of aromatic nitrogens is 4. The van der Waals surface area contributed by atoms with Gasteiger partial charge in [0.1, 0.15) is 6.04 Å². The Morgan fingerprint density at radius 1 is 1.32 bits per heavy atom. The van der Waals surface area contributed by atoms with Crippen LogP contribution in [0.2, 0.25) is 0 Å². The highest BCUT2D eigenvalue weighted by Gasteiger charge is 2.32. The summed E-state index contributed by atoms with van der Waals surface area (Å²) in [4.78, 5) is 20.2. The van der Waals surface area contributed by atoms with Gasteiger partial charge in [-0.1, -0.05) is 22.9 Å². The van der Waals surface area contributed by atoms with Crippen LogP contribution in [0.25, 0.3) is 11.5 Å². The van der Waals surface area contributed by atoms with Gasteiger partial charge in [-0.05, 0) is 19.1 Å². The molecular formula is C19H21N5O3S. The molecule has 8 nitrogen and oxygen atoms in total. The van der Waals surface area contributed by atoms with Crippen molar-refractivity contribution < 1.29 is 14.1 Å². The first-order valence-corrected chi connectivity index (χ1v) is 9.98. The first-order chi connectivity index (χ1) is 13.6. The second-order valence-corrected chi connectivity index (χ2v) is 7.69. The van der Waals surface area contributed by atoms with Crippen LogP contribution in [0.3, 0.4) is 0 Å². The summed E-state index contributed by atoms with van der Waals surface area (Å²) in [6.07, 6.45) is 3.46. The van der Waals surface area contributed by atoms with E-state index < -0.39 is 0 Å². The number of amides is 1. The number of morpholine rings is 1. The molecule has 28 heavy (non-hydrogen) atoms. The van der Waals surface area contributed by atoms with Gasteiger partial charge in [0.15, 0.2) is 5.82 Å². The van der Waals surface area contributed by atoms with Gasteiger partial charge in [-0.3, -0.25) is 9.48 Å². The third-order valence-electron chi connectivity index (χ3n) is 4.52. The van der Waals surface area contributed by atoms with E-state index in [-0.39, 0.29) is 11.9 Å². The molecule has 4 rings (SSSR count). The van der Waals surface area contributed by atoms with Crippen molar-refractivity contribution in [1.29, 1.82) is 0 Å². The monoisotopic (exact) mass is 399 g/mol. The number of carbonyl (C=O) groups excluding carboxylic acids is 1. The molecule has 0 radical (unpaired) electrons. The van der Waals surface area contributed by atoms with Gasteiger partial charge in [0.2, 0.25) is 5.91 Å². The van der Waals surface area contributed by atoms with E-state index in [0.29, 0.717) is 37.2 Å². The molecular weight excluding hydrogens is 378 g/mol. The Kier molecular flexibility index (Phi) is 5.45. The molecule has 0 saturated carbocycles. The predicted octanol–water partition coefficient (Wildman–Crippen LogP) is 2.47. The molecule has 1 aliphatic rings. The van der Waals surface area contributed by atoms with Crippen LogP contribution in [0.1, 0.15) is 17.4 Å². The lowest BCUT2D eigenvalue weighted by Crippen LogP contribution is -2.44. The van der Waals surface area contributed by atoms with Gasteiger partial charge in [-0.2, -0.15) is 10.1 Å². The average molecular weight is 399 g/mol. The second-order valence-electron chi connectivity index (χ2n) is 6.64. The van der Waals surface area contributed by atoms with E-state index in [1.165, 1.54) is 17.3 Å². The van der Waals surface area contributed by atoms with Gasteiger partial charge < -0.3 is 14.2 Å². The summed E-state index contributed by atoms with van der Waals surface area (Å²) in [6.45, 7) is 3.41. The maximum Gasteiger partial charge on any atom is 0.261 e. The summed E-state index contributed by atoms with van der Waals surface area (Å²) in [5.74, 6) is 1.22. The van der Waals surface area contributed by atoms with E-state index in [1.807, 2.05) is 38.2 Å². The molecule has 1 atom stereocenters. The lowest BCUT2D eigenvalue weighted by molar-refractivity contribution is -0.137.